The van der Waals surface area contributed by atoms with E-state index in [-0.39, 0.29) is 54.2 Å². The fourth-order valence-electron chi connectivity index (χ4n) is 5.30. The van der Waals surface area contributed by atoms with Crippen LogP contribution in [0.3, 0.4) is 0 Å². The summed E-state index contributed by atoms with van der Waals surface area (Å²) in [6.07, 6.45) is 4.57. The molecule has 2 fully saturated rings. The zero-order valence-electron chi connectivity index (χ0n) is 20.1. The number of hydrogen-bond donors (Lipinski definition) is 0. The molecule has 0 bridgehead atoms. The number of benzene rings is 2. The largest absolute Gasteiger partial charge is 0.426 e. The summed E-state index contributed by atoms with van der Waals surface area (Å²) in [4.78, 5) is 54.5. The van der Waals surface area contributed by atoms with Crippen molar-refractivity contribution in [3.05, 3.63) is 65.7 Å². The van der Waals surface area contributed by atoms with Crippen molar-refractivity contribution in [2.45, 2.75) is 33.6 Å². The number of amides is 3. The molecule has 2 aliphatic heterocycles. The first-order chi connectivity index (χ1) is 16.7. The highest BCUT2D eigenvalue weighted by molar-refractivity contribution is 6.22. The molecule has 2 saturated heterocycles. The molecule has 2 aromatic carbocycles. The van der Waals surface area contributed by atoms with Gasteiger partial charge in [-0.15, -0.1) is 0 Å². The number of hydrogen-bond acceptors (Lipinski definition) is 5. The molecular formula is C28H28N2O5. The number of allylic oxidation sites excluding steroid dienone is 2. The third-order valence-electron chi connectivity index (χ3n) is 7.43. The number of anilines is 2. The quantitative estimate of drug-likeness (QED) is 0.291. The normalized spacial score (nSPS) is 25.9. The van der Waals surface area contributed by atoms with E-state index in [2.05, 4.69) is 0 Å². The fraction of sp³-hybridized carbons (Fsp3) is 0.357. The van der Waals surface area contributed by atoms with Gasteiger partial charge in [-0.25, -0.2) is 4.90 Å². The molecule has 4 atom stereocenters. The maximum absolute atomic E-state index is 13.1. The molecule has 35 heavy (non-hydrogen) atoms. The second-order valence-electron chi connectivity index (χ2n) is 9.76. The van der Waals surface area contributed by atoms with Crippen LogP contribution < -0.4 is 14.5 Å². The number of aryl methyl sites for hydroxylation is 2. The molecule has 3 amide bonds. The van der Waals surface area contributed by atoms with Crippen LogP contribution in [0.1, 0.15) is 30.9 Å². The highest BCUT2D eigenvalue weighted by atomic mass is 16.5. The molecule has 3 aliphatic rings. The lowest BCUT2D eigenvalue weighted by molar-refractivity contribution is -0.139. The molecule has 180 valence electrons. The summed E-state index contributed by atoms with van der Waals surface area (Å²) in [5, 5.41) is 0. The van der Waals surface area contributed by atoms with E-state index < -0.39 is 11.9 Å². The molecule has 7 heteroatoms. The summed E-state index contributed by atoms with van der Waals surface area (Å²) in [5.74, 6) is -2.14. The average molecular weight is 473 g/mol. The van der Waals surface area contributed by atoms with Crippen LogP contribution in [0.4, 0.5) is 11.4 Å². The minimum Gasteiger partial charge on any atom is -0.426 e. The number of imide groups is 1. The van der Waals surface area contributed by atoms with E-state index in [0.29, 0.717) is 12.1 Å². The Morgan fingerprint density at radius 3 is 2.51 bits per heavy atom. The average Bonchev–Trinajstić information content (AvgIpc) is 3.34. The number of carbonyl (C=O) groups is 4. The smallest absolute Gasteiger partial charge is 0.316 e. The Hall–Kier alpha value is -3.74. The molecule has 7 nitrogen and oxygen atoms in total. The Bertz CT molecular complexity index is 1270. The van der Waals surface area contributed by atoms with Gasteiger partial charge >= 0.3 is 5.97 Å². The van der Waals surface area contributed by atoms with E-state index in [1.165, 1.54) is 4.90 Å². The summed E-state index contributed by atoms with van der Waals surface area (Å²) >= 11 is 0. The van der Waals surface area contributed by atoms with Gasteiger partial charge in [-0.2, -0.15) is 0 Å². The van der Waals surface area contributed by atoms with Gasteiger partial charge in [0.25, 0.3) is 0 Å². The zero-order valence-corrected chi connectivity index (χ0v) is 20.1. The fourth-order valence-corrected chi connectivity index (χ4v) is 5.30. The van der Waals surface area contributed by atoms with Crippen molar-refractivity contribution in [1.82, 2.24) is 0 Å². The predicted octanol–water partition coefficient (Wildman–Crippen LogP) is 3.96. The van der Waals surface area contributed by atoms with Crippen molar-refractivity contribution in [3.8, 4) is 5.75 Å². The first kappa shape index (κ1) is 23.0. The third kappa shape index (κ3) is 4.05. The summed E-state index contributed by atoms with van der Waals surface area (Å²) in [6.45, 7) is 6.19. The van der Waals surface area contributed by atoms with E-state index in [1.54, 1.807) is 29.2 Å². The Kier molecular flexibility index (Phi) is 5.79. The third-order valence-corrected chi connectivity index (χ3v) is 7.43. The number of carbonyl (C=O) groups excluding carboxylic acids is 4. The van der Waals surface area contributed by atoms with Gasteiger partial charge in [-0.3, -0.25) is 19.2 Å². The van der Waals surface area contributed by atoms with Crippen LogP contribution >= 0.6 is 0 Å². The summed E-state index contributed by atoms with van der Waals surface area (Å²) in [5.41, 5.74) is 3.38. The van der Waals surface area contributed by atoms with E-state index in [1.807, 2.05) is 51.1 Å². The zero-order chi connectivity index (χ0) is 24.9. The van der Waals surface area contributed by atoms with E-state index in [0.717, 1.165) is 16.8 Å². The van der Waals surface area contributed by atoms with Crippen LogP contribution in [-0.4, -0.2) is 30.2 Å². The van der Waals surface area contributed by atoms with Crippen LogP contribution in [0.15, 0.2) is 54.6 Å². The van der Waals surface area contributed by atoms with E-state index >= 15 is 0 Å². The van der Waals surface area contributed by atoms with Crippen LogP contribution in [-0.2, 0) is 19.2 Å². The molecule has 0 spiro atoms. The van der Waals surface area contributed by atoms with E-state index in [4.69, 9.17) is 4.74 Å². The highest BCUT2D eigenvalue weighted by Gasteiger charge is 2.50. The second kappa shape index (κ2) is 8.80. The first-order valence-electron chi connectivity index (χ1n) is 12.0. The Labute approximate surface area is 204 Å². The molecular weight excluding hydrogens is 444 g/mol. The predicted molar refractivity (Wildman–Crippen MR) is 131 cm³/mol. The highest BCUT2D eigenvalue weighted by Crippen LogP contribution is 2.41. The lowest BCUT2D eigenvalue weighted by atomic mass is 9.78. The van der Waals surface area contributed by atoms with Crippen molar-refractivity contribution in [1.29, 1.82) is 0 Å². The van der Waals surface area contributed by atoms with Gasteiger partial charge in [0, 0.05) is 24.7 Å². The molecule has 0 radical (unpaired) electrons. The Balaban J connectivity index is 1.30. The first-order valence-corrected chi connectivity index (χ1v) is 12.0. The maximum atomic E-state index is 13.1. The van der Waals surface area contributed by atoms with Crippen LogP contribution in [0.2, 0.25) is 0 Å². The van der Waals surface area contributed by atoms with Crippen molar-refractivity contribution < 1.29 is 23.9 Å². The Morgan fingerprint density at radius 1 is 0.971 bits per heavy atom. The van der Waals surface area contributed by atoms with Gasteiger partial charge < -0.3 is 9.64 Å². The maximum Gasteiger partial charge on any atom is 0.316 e. The molecule has 0 N–H and O–H groups in total. The van der Waals surface area contributed by atoms with Gasteiger partial charge in [0.1, 0.15) is 5.75 Å². The summed E-state index contributed by atoms with van der Waals surface area (Å²) < 4.78 is 5.60. The number of nitrogens with zero attached hydrogens (tertiary/aromatic N) is 2. The summed E-state index contributed by atoms with van der Waals surface area (Å²) in [7, 11) is 0. The van der Waals surface area contributed by atoms with Crippen molar-refractivity contribution in [2.75, 3.05) is 16.3 Å². The number of rotatable bonds is 4. The molecule has 2 heterocycles. The lowest BCUT2D eigenvalue weighted by Gasteiger charge is -2.22. The minimum absolute atomic E-state index is 0.00335. The van der Waals surface area contributed by atoms with Gasteiger partial charge in [-0.1, -0.05) is 31.2 Å². The molecule has 2 aromatic rings. The van der Waals surface area contributed by atoms with Crippen molar-refractivity contribution in [2.24, 2.45) is 23.7 Å². The van der Waals surface area contributed by atoms with Crippen LogP contribution in [0.25, 0.3) is 0 Å². The van der Waals surface area contributed by atoms with Crippen molar-refractivity contribution in [3.63, 3.8) is 0 Å². The monoisotopic (exact) mass is 472 g/mol. The molecule has 0 saturated carbocycles. The topological polar surface area (TPSA) is 84.0 Å². The number of fused-ring (bicyclic) bond motifs is 1. The van der Waals surface area contributed by atoms with Gasteiger partial charge in [-0.05, 0) is 61.6 Å². The molecule has 5 rings (SSSR count). The number of esters is 1. The van der Waals surface area contributed by atoms with Gasteiger partial charge in [0.2, 0.25) is 17.7 Å². The SMILES string of the molecule is Cc1ccc(N2C[C@H](C(=O)Oc3cccc(N4C(=O)[C@@H]5[C@@H](C)C=CC[C@H]5C4=O)c3)CC2=O)cc1C. The standard InChI is InChI=1S/C28H28N2O5/c1-16-10-11-20(12-18(16)3)29-15-19(13-24(29)31)28(34)35-22-8-5-7-21(14-22)30-26(32)23-9-4-6-17(2)25(23)27(30)33/h4-8,10-12,14,17,19,23,25H,9,13,15H2,1-3H3/t17-,19+,23+,25+/m0/s1. The minimum atomic E-state index is -0.599. The van der Waals surface area contributed by atoms with Gasteiger partial charge in [0.15, 0.2) is 0 Å². The molecule has 0 aromatic heterocycles. The Morgan fingerprint density at radius 2 is 1.77 bits per heavy atom. The second-order valence-corrected chi connectivity index (χ2v) is 9.76. The summed E-state index contributed by atoms with van der Waals surface area (Å²) in [6, 6.07) is 12.3. The van der Waals surface area contributed by atoms with Crippen molar-refractivity contribution >= 4 is 35.1 Å². The van der Waals surface area contributed by atoms with Crippen LogP contribution in [0.5, 0.6) is 5.75 Å². The molecule has 1 aliphatic carbocycles. The van der Waals surface area contributed by atoms with Gasteiger partial charge in [0.05, 0.1) is 23.4 Å². The van der Waals surface area contributed by atoms with E-state index in [9.17, 15) is 19.2 Å². The molecule has 0 unspecified atom stereocenters. The lowest BCUT2D eigenvalue weighted by Crippen LogP contribution is -2.31. The van der Waals surface area contributed by atoms with Crippen LogP contribution in [0, 0.1) is 37.5 Å². The number of ether oxygens (including phenoxy) is 1.